The fraction of sp³-hybridized carbons (Fsp3) is 0.400. The number of aromatic nitrogens is 1. The molecule has 0 saturated heterocycles. The fourth-order valence-electron chi connectivity index (χ4n) is 1.95. The van der Waals surface area contributed by atoms with Crippen molar-refractivity contribution in [2.24, 2.45) is 0 Å². The summed E-state index contributed by atoms with van der Waals surface area (Å²) in [6.45, 7) is 3.47. The lowest BCUT2D eigenvalue weighted by atomic mass is 10.1. The maximum absolute atomic E-state index is 6.17. The van der Waals surface area contributed by atoms with E-state index in [4.69, 9.17) is 21.1 Å². The number of methoxy groups -OCH3 is 1. The first-order valence-electron chi connectivity index (χ1n) is 6.62. The van der Waals surface area contributed by atoms with Gasteiger partial charge >= 0.3 is 0 Å². The Bertz CT molecular complexity index is 548. The third kappa shape index (κ3) is 4.15. The Morgan fingerprint density at radius 1 is 1.20 bits per heavy atom. The molecule has 1 heterocycles. The van der Waals surface area contributed by atoms with Crippen LogP contribution in [0.4, 0.5) is 0 Å². The van der Waals surface area contributed by atoms with Gasteiger partial charge in [0, 0.05) is 36.8 Å². The number of hydrogen-bond acceptors (Lipinski definition) is 4. The molecule has 2 rings (SSSR count). The smallest absolute Gasteiger partial charge is 0.0761 e. The topological polar surface area (TPSA) is 43.4 Å². The average molecular weight is 295 g/mol. The van der Waals surface area contributed by atoms with E-state index in [0.29, 0.717) is 19.8 Å². The van der Waals surface area contributed by atoms with E-state index in [1.54, 1.807) is 13.3 Å². The van der Waals surface area contributed by atoms with Gasteiger partial charge in [0.15, 0.2) is 0 Å². The van der Waals surface area contributed by atoms with Crippen molar-refractivity contribution < 1.29 is 9.47 Å². The summed E-state index contributed by atoms with van der Waals surface area (Å²) >= 11 is 6.17. The van der Waals surface area contributed by atoms with Crippen LogP contribution in [-0.4, -0.2) is 38.5 Å². The summed E-state index contributed by atoms with van der Waals surface area (Å²) in [5, 5.41) is 5.07. The van der Waals surface area contributed by atoms with Crippen LogP contribution in [0.25, 0.3) is 10.9 Å². The fourth-order valence-corrected chi connectivity index (χ4v) is 2.17. The Hall–Kier alpha value is -1.20. The number of pyridine rings is 1. The van der Waals surface area contributed by atoms with Crippen molar-refractivity contribution in [3.63, 3.8) is 0 Å². The Balaban J connectivity index is 1.86. The number of nitrogens with one attached hydrogen (secondary N) is 1. The van der Waals surface area contributed by atoms with Gasteiger partial charge < -0.3 is 14.8 Å². The molecule has 0 saturated carbocycles. The van der Waals surface area contributed by atoms with Crippen molar-refractivity contribution in [1.82, 2.24) is 10.3 Å². The molecule has 4 nitrogen and oxygen atoms in total. The molecule has 0 bridgehead atoms. The van der Waals surface area contributed by atoms with Crippen molar-refractivity contribution in [2.75, 3.05) is 33.5 Å². The molecule has 0 aliphatic heterocycles. The number of halogens is 1. The molecular formula is C15H19ClN2O2. The predicted octanol–water partition coefficient (Wildman–Crippen LogP) is 2.64. The van der Waals surface area contributed by atoms with E-state index in [-0.39, 0.29) is 0 Å². The van der Waals surface area contributed by atoms with Crippen LogP contribution in [0.5, 0.6) is 0 Å². The highest BCUT2D eigenvalue weighted by atomic mass is 35.5. The second kappa shape index (κ2) is 8.17. The van der Waals surface area contributed by atoms with Gasteiger partial charge in [-0.1, -0.05) is 17.7 Å². The maximum atomic E-state index is 6.17. The van der Waals surface area contributed by atoms with Gasteiger partial charge in [0.05, 0.1) is 25.3 Å². The van der Waals surface area contributed by atoms with Crippen LogP contribution in [0.2, 0.25) is 5.02 Å². The molecule has 2 aromatic rings. The van der Waals surface area contributed by atoms with E-state index in [1.165, 1.54) is 0 Å². The van der Waals surface area contributed by atoms with Gasteiger partial charge in [-0.15, -0.1) is 0 Å². The van der Waals surface area contributed by atoms with Crippen LogP contribution >= 0.6 is 11.6 Å². The third-order valence-electron chi connectivity index (χ3n) is 2.97. The highest BCUT2D eigenvalue weighted by Crippen LogP contribution is 2.24. The number of benzene rings is 1. The van der Waals surface area contributed by atoms with Crippen LogP contribution in [0, 0.1) is 0 Å². The maximum Gasteiger partial charge on any atom is 0.0761 e. The highest BCUT2D eigenvalue weighted by molar-refractivity contribution is 6.35. The van der Waals surface area contributed by atoms with Crippen molar-refractivity contribution in [1.29, 1.82) is 0 Å². The summed E-state index contributed by atoms with van der Waals surface area (Å²) in [5.41, 5.74) is 2.09. The van der Waals surface area contributed by atoms with Crippen LogP contribution < -0.4 is 5.32 Å². The Labute approximate surface area is 124 Å². The highest BCUT2D eigenvalue weighted by Gasteiger charge is 2.04. The molecule has 0 atom stereocenters. The van der Waals surface area contributed by atoms with Gasteiger partial charge in [-0.25, -0.2) is 0 Å². The Kier molecular flexibility index (Phi) is 6.21. The summed E-state index contributed by atoms with van der Waals surface area (Å²) < 4.78 is 10.3. The minimum atomic E-state index is 0.629. The standard InChI is InChI=1S/C15H19ClN2O2/c1-19-9-10-20-8-7-17-11-12-4-5-14(16)13-3-2-6-18-15(12)13/h2-6,17H,7-11H2,1H3. The molecule has 1 N–H and O–H groups in total. The molecule has 0 amide bonds. The lowest BCUT2D eigenvalue weighted by Gasteiger charge is -2.09. The minimum Gasteiger partial charge on any atom is -0.382 e. The van der Waals surface area contributed by atoms with Gasteiger partial charge in [0.2, 0.25) is 0 Å². The van der Waals surface area contributed by atoms with Crippen LogP contribution in [0.3, 0.4) is 0 Å². The first-order chi connectivity index (χ1) is 9.83. The zero-order valence-corrected chi connectivity index (χ0v) is 12.3. The van der Waals surface area contributed by atoms with Gasteiger partial charge in [-0.3, -0.25) is 4.98 Å². The first-order valence-corrected chi connectivity index (χ1v) is 7.00. The second-order valence-corrected chi connectivity index (χ2v) is 4.80. The lowest BCUT2D eigenvalue weighted by molar-refractivity contribution is 0.0719. The number of fused-ring (bicyclic) bond motifs is 1. The molecule has 0 fully saturated rings. The van der Waals surface area contributed by atoms with Crippen molar-refractivity contribution >= 4 is 22.5 Å². The Morgan fingerprint density at radius 3 is 2.95 bits per heavy atom. The zero-order valence-electron chi connectivity index (χ0n) is 11.6. The SMILES string of the molecule is COCCOCCNCc1ccc(Cl)c2cccnc12. The molecule has 20 heavy (non-hydrogen) atoms. The molecule has 0 aliphatic carbocycles. The van der Waals surface area contributed by atoms with Gasteiger partial charge in [-0.05, 0) is 23.8 Å². The Morgan fingerprint density at radius 2 is 2.10 bits per heavy atom. The first kappa shape index (κ1) is 15.2. The molecule has 0 spiro atoms. The molecule has 0 unspecified atom stereocenters. The van der Waals surface area contributed by atoms with E-state index < -0.39 is 0 Å². The molecule has 1 aromatic heterocycles. The molecule has 5 heteroatoms. The van der Waals surface area contributed by atoms with Crippen LogP contribution in [-0.2, 0) is 16.0 Å². The van der Waals surface area contributed by atoms with Gasteiger partial charge in [-0.2, -0.15) is 0 Å². The number of nitrogens with zero attached hydrogens (tertiary/aromatic N) is 1. The van der Waals surface area contributed by atoms with Crippen LogP contribution in [0.1, 0.15) is 5.56 Å². The normalized spacial score (nSPS) is 11.1. The van der Waals surface area contributed by atoms with Crippen LogP contribution in [0.15, 0.2) is 30.5 Å². The van der Waals surface area contributed by atoms with Gasteiger partial charge in [0.25, 0.3) is 0 Å². The summed E-state index contributed by atoms with van der Waals surface area (Å²) in [7, 11) is 1.67. The van der Waals surface area contributed by atoms with E-state index >= 15 is 0 Å². The predicted molar refractivity (Wildman–Crippen MR) is 81.2 cm³/mol. The molecule has 0 radical (unpaired) electrons. The number of hydrogen-bond donors (Lipinski definition) is 1. The monoisotopic (exact) mass is 294 g/mol. The number of ether oxygens (including phenoxy) is 2. The summed E-state index contributed by atoms with van der Waals surface area (Å²) in [6, 6.07) is 7.81. The second-order valence-electron chi connectivity index (χ2n) is 4.39. The quantitative estimate of drug-likeness (QED) is 0.760. The third-order valence-corrected chi connectivity index (χ3v) is 3.30. The zero-order chi connectivity index (χ0) is 14.2. The molecule has 1 aromatic carbocycles. The largest absolute Gasteiger partial charge is 0.382 e. The van der Waals surface area contributed by atoms with Crippen molar-refractivity contribution in [2.45, 2.75) is 6.54 Å². The molecular weight excluding hydrogens is 276 g/mol. The molecule has 108 valence electrons. The van der Waals surface area contributed by atoms with Crippen molar-refractivity contribution in [3.05, 3.63) is 41.0 Å². The minimum absolute atomic E-state index is 0.629. The van der Waals surface area contributed by atoms with E-state index in [2.05, 4.69) is 10.3 Å². The molecule has 0 aliphatic rings. The van der Waals surface area contributed by atoms with Gasteiger partial charge in [0.1, 0.15) is 0 Å². The lowest BCUT2D eigenvalue weighted by Crippen LogP contribution is -2.20. The van der Waals surface area contributed by atoms with E-state index in [1.807, 2.05) is 24.3 Å². The van der Waals surface area contributed by atoms with E-state index in [0.717, 1.165) is 34.6 Å². The van der Waals surface area contributed by atoms with E-state index in [9.17, 15) is 0 Å². The summed E-state index contributed by atoms with van der Waals surface area (Å²) in [6.07, 6.45) is 1.79. The number of rotatable bonds is 8. The average Bonchev–Trinajstić information content (AvgIpc) is 2.49. The summed E-state index contributed by atoms with van der Waals surface area (Å²) in [4.78, 5) is 4.41. The summed E-state index contributed by atoms with van der Waals surface area (Å²) in [5.74, 6) is 0. The van der Waals surface area contributed by atoms with Crippen molar-refractivity contribution in [3.8, 4) is 0 Å².